The van der Waals surface area contributed by atoms with Crippen molar-refractivity contribution in [1.82, 2.24) is 5.32 Å². The Balaban J connectivity index is 1.86. The van der Waals surface area contributed by atoms with Crippen molar-refractivity contribution in [2.75, 3.05) is 5.32 Å². The first-order valence-corrected chi connectivity index (χ1v) is 8.45. The molecule has 0 radical (unpaired) electrons. The van der Waals surface area contributed by atoms with Gasteiger partial charge in [0.25, 0.3) is 11.8 Å². The normalized spacial score (nSPS) is 11.0. The predicted octanol–water partition coefficient (Wildman–Crippen LogP) is 3.94. The summed E-state index contributed by atoms with van der Waals surface area (Å²) in [7, 11) is 0. The number of amides is 2. The average Bonchev–Trinajstić information content (AvgIpc) is 2.71. The summed E-state index contributed by atoms with van der Waals surface area (Å²) in [6.45, 7) is 0. The first kappa shape index (κ1) is 18.8. The van der Waals surface area contributed by atoms with Gasteiger partial charge in [-0.3, -0.25) is 9.59 Å². The van der Waals surface area contributed by atoms with E-state index in [0.29, 0.717) is 16.8 Å². The summed E-state index contributed by atoms with van der Waals surface area (Å²) in [5.41, 5.74) is 1.38. The summed E-state index contributed by atoms with van der Waals surface area (Å²) < 4.78 is 13.1. The van der Waals surface area contributed by atoms with Crippen molar-refractivity contribution in [3.63, 3.8) is 0 Å². The highest BCUT2D eigenvalue weighted by atomic mass is 19.1. The Morgan fingerprint density at radius 2 is 1.50 bits per heavy atom. The number of carbonyl (C=O) groups is 2. The summed E-state index contributed by atoms with van der Waals surface area (Å²) in [4.78, 5) is 25.2. The van der Waals surface area contributed by atoms with E-state index in [0.717, 1.165) is 0 Å². The highest BCUT2D eigenvalue weighted by Crippen LogP contribution is 2.15. The second-order valence-corrected chi connectivity index (χ2v) is 5.93. The fraction of sp³-hybridized carbons (Fsp3) is 0. The number of aromatic hydroxyl groups is 1. The van der Waals surface area contributed by atoms with Crippen LogP contribution in [0.2, 0.25) is 0 Å². The summed E-state index contributed by atoms with van der Waals surface area (Å²) in [5.74, 6) is -1.34. The van der Waals surface area contributed by atoms with Crippen molar-refractivity contribution in [2.45, 2.75) is 0 Å². The number of carbonyl (C=O) groups excluding carboxylic acids is 2. The van der Waals surface area contributed by atoms with Gasteiger partial charge in [-0.1, -0.05) is 30.3 Å². The van der Waals surface area contributed by atoms with Crippen LogP contribution in [-0.2, 0) is 4.79 Å². The summed E-state index contributed by atoms with van der Waals surface area (Å²) >= 11 is 0. The van der Waals surface area contributed by atoms with Gasteiger partial charge in [-0.25, -0.2) is 4.39 Å². The van der Waals surface area contributed by atoms with Crippen LogP contribution in [0.15, 0.2) is 84.6 Å². The molecule has 6 heteroatoms. The van der Waals surface area contributed by atoms with Crippen molar-refractivity contribution in [3.8, 4) is 5.75 Å². The molecule has 3 N–H and O–H groups in total. The molecule has 0 aromatic heterocycles. The monoisotopic (exact) mass is 376 g/mol. The minimum Gasteiger partial charge on any atom is -0.508 e. The van der Waals surface area contributed by atoms with E-state index in [1.165, 1.54) is 54.6 Å². The smallest absolute Gasteiger partial charge is 0.272 e. The number of phenolic OH excluding ortho intramolecular Hbond substituents is 1. The lowest BCUT2D eigenvalue weighted by Crippen LogP contribution is -2.30. The van der Waals surface area contributed by atoms with E-state index in [2.05, 4.69) is 10.6 Å². The molecule has 3 aromatic rings. The minimum atomic E-state index is -0.556. The van der Waals surface area contributed by atoms with Crippen LogP contribution in [0, 0.1) is 5.82 Å². The van der Waals surface area contributed by atoms with E-state index < -0.39 is 17.6 Å². The molecule has 0 atom stereocenters. The second kappa shape index (κ2) is 8.64. The number of rotatable bonds is 5. The quantitative estimate of drug-likeness (QED) is 0.466. The van der Waals surface area contributed by atoms with Gasteiger partial charge >= 0.3 is 0 Å². The standard InChI is InChI=1S/C22H17FN2O3/c23-17-8-6-15(7-9-17)14-20(25-21(27)16-4-2-1-3-5-16)22(28)24-18-10-12-19(26)13-11-18/h1-14,26H,(H,24,28)(H,25,27)/b20-14+. The molecule has 28 heavy (non-hydrogen) atoms. The molecule has 3 rings (SSSR count). The number of anilines is 1. The molecule has 0 aliphatic carbocycles. The van der Waals surface area contributed by atoms with Gasteiger partial charge in [-0.2, -0.15) is 0 Å². The van der Waals surface area contributed by atoms with Gasteiger partial charge in [0.15, 0.2) is 0 Å². The summed E-state index contributed by atoms with van der Waals surface area (Å²) in [6.07, 6.45) is 1.45. The van der Waals surface area contributed by atoms with Gasteiger partial charge in [-0.05, 0) is 60.2 Å². The first-order valence-electron chi connectivity index (χ1n) is 8.45. The van der Waals surface area contributed by atoms with E-state index in [1.807, 2.05) is 0 Å². The van der Waals surface area contributed by atoms with Crippen molar-refractivity contribution in [2.24, 2.45) is 0 Å². The van der Waals surface area contributed by atoms with Crippen LogP contribution < -0.4 is 10.6 Å². The van der Waals surface area contributed by atoms with Crippen molar-refractivity contribution in [1.29, 1.82) is 0 Å². The highest BCUT2D eigenvalue weighted by molar-refractivity contribution is 6.10. The molecule has 0 aliphatic heterocycles. The fourth-order valence-electron chi connectivity index (χ4n) is 2.41. The maximum absolute atomic E-state index is 13.1. The number of hydrogen-bond donors (Lipinski definition) is 3. The number of nitrogens with one attached hydrogen (secondary N) is 2. The van der Waals surface area contributed by atoms with E-state index >= 15 is 0 Å². The van der Waals surface area contributed by atoms with Crippen LogP contribution in [0.25, 0.3) is 6.08 Å². The minimum absolute atomic E-state index is 0.00598. The Bertz CT molecular complexity index is 998. The molecule has 0 bridgehead atoms. The van der Waals surface area contributed by atoms with Crippen molar-refractivity contribution >= 4 is 23.6 Å². The Labute approximate surface area is 161 Å². The molecule has 5 nitrogen and oxygen atoms in total. The zero-order valence-electron chi connectivity index (χ0n) is 14.7. The lowest BCUT2D eigenvalue weighted by molar-refractivity contribution is -0.113. The fourth-order valence-corrected chi connectivity index (χ4v) is 2.41. The predicted molar refractivity (Wildman–Crippen MR) is 105 cm³/mol. The number of hydrogen-bond acceptors (Lipinski definition) is 3. The largest absolute Gasteiger partial charge is 0.508 e. The molecule has 3 aromatic carbocycles. The third kappa shape index (κ3) is 5.04. The number of halogens is 1. The van der Waals surface area contributed by atoms with Gasteiger partial charge in [0.1, 0.15) is 17.3 Å². The molecule has 0 aliphatic rings. The molecule has 140 valence electrons. The van der Waals surface area contributed by atoms with Gasteiger partial charge in [-0.15, -0.1) is 0 Å². The zero-order valence-corrected chi connectivity index (χ0v) is 14.7. The van der Waals surface area contributed by atoms with Crippen LogP contribution in [0.1, 0.15) is 15.9 Å². The van der Waals surface area contributed by atoms with Gasteiger partial charge in [0.05, 0.1) is 0 Å². The molecular formula is C22H17FN2O3. The molecule has 0 heterocycles. The summed E-state index contributed by atoms with van der Waals surface area (Å²) in [5, 5.41) is 14.6. The third-order valence-electron chi connectivity index (χ3n) is 3.83. The van der Waals surface area contributed by atoms with Crippen LogP contribution in [-0.4, -0.2) is 16.9 Å². The topological polar surface area (TPSA) is 78.4 Å². The SMILES string of the molecule is O=C(Nc1ccc(O)cc1)/C(=C\c1ccc(F)cc1)NC(=O)c1ccccc1. The molecule has 0 saturated heterocycles. The Morgan fingerprint density at radius 1 is 0.857 bits per heavy atom. The molecule has 0 spiro atoms. The van der Waals surface area contributed by atoms with E-state index in [4.69, 9.17) is 0 Å². The second-order valence-electron chi connectivity index (χ2n) is 5.93. The van der Waals surface area contributed by atoms with Crippen LogP contribution in [0.3, 0.4) is 0 Å². The Morgan fingerprint density at radius 3 is 2.14 bits per heavy atom. The Hall–Kier alpha value is -3.93. The summed E-state index contributed by atoms with van der Waals surface area (Å²) in [6, 6.07) is 19.9. The van der Waals surface area contributed by atoms with Gasteiger partial charge < -0.3 is 15.7 Å². The van der Waals surface area contributed by atoms with Crippen LogP contribution >= 0.6 is 0 Å². The van der Waals surface area contributed by atoms with Gasteiger partial charge in [0, 0.05) is 11.3 Å². The maximum Gasteiger partial charge on any atom is 0.272 e. The lowest BCUT2D eigenvalue weighted by Gasteiger charge is -2.11. The van der Waals surface area contributed by atoms with E-state index in [-0.39, 0.29) is 11.4 Å². The number of benzene rings is 3. The zero-order chi connectivity index (χ0) is 19.9. The van der Waals surface area contributed by atoms with Gasteiger partial charge in [0.2, 0.25) is 0 Å². The van der Waals surface area contributed by atoms with E-state index in [1.54, 1.807) is 30.3 Å². The maximum atomic E-state index is 13.1. The van der Waals surface area contributed by atoms with E-state index in [9.17, 15) is 19.1 Å². The third-order valence-corrected chi connectivity index (χ3v) is 3.83. The molecular weight excluding hydrogens is 359 g/mol. The number of phenols is 1. The lowest BCUT2D eigenvalue weighted by atomic mass is 10.1. The average molecular weight is 376 g/mol. The van der Waals surface area contributed by atoms with Crippen LogP contribution in [0.5, 0.6) is 5.75 Å². The highest BCUT2D eigenvalue weighted by Gasteiger charge is 2.15. The van der Waals surface area contributed by atoms with Crippen molar-refractivity contribution in [3.05, 3.63) is 102 Å². The molecule has 2 amide bonds. The van der Waals surface area contributed by atoms with Crippen LogP contribution in [0.4, 0.5) is 10.1 Å². The first-order chi connectivity index (χ1) is 13.5. The molecule has 0 saturated carbocycles. The molecule has 0 unspecified atom stereocenters. The van der Waals surface area contributed by atoms with Crippen molar-refractivity contribution < 1.29 is 19.1 Å². The Kier molecular flexibility index (Phi) is 5.81. The molecule has 0 fully saturated rings.